The van der Waals surface area contributed by atoms with Crippen LogP contribution in [0.2, 0.25) is 0 Å². The van der Waals surface area contributed by atoms with Crippen LogP contribution in [0.4, 0.5) is 0 Å². The van der Waals surface area contributed by atoms with Crippen molar-refractivity contribution in [2.24, 2.45) is 0 Å². The maximum atomic E-state index is 5.21. The van der Waals surface area contributed by atoms with Crippen molar-refractivity contribution in [1.29, 1.82) is 0 Å². The fraction of sp³-hybridized carbons (Fsp3) is 0.800. The maximum Gasteiger partial charge on any atom is 0.0645 e. The van der Waals surface area contributed by atoms with Gasteiger partial charge in [0.2, 0.25) is 0 Å². The monoisotopic (exact) mass is 171 g/mol. The van der Waals surface area contributed by atoms with E-state index < -0.39 is 0 Å². The van der Waals surface area contributed by atoms with Gasteiger partial charge in [-0.25, -0.2) is 0 Å². The Morgan fingerprint density at radius 2 is 2.17 bits per heavy atom. The summed E-state index contributed by atoms with van der Waals surface area (Å²) in [6.07, 6.45) is 5.66. The van der Waals surface area contributed by atoms with Gasteiger partial charge in [0.1, 0.15) is 0 Å². The predicted octanol–water partition coefficient (Wildman–Crippen LogP) is 1.97. The van der Waals surface area contributed by atoms with E-state index in [-0.39, 0.29) is 0 Å². The molecule has 0 aliphatic rings. The first-order chi connectivity index (χ1) is 5.91. The van der Waals surface area contributed by atoms with E-state index >= 15 is 0 Å². The molecule has 72 valence electrons. The highest BCUT2D eigenvalue weighted by Crippen LogP contribution is 1.90. The lowest BCUT2D eigenvalue weighted by Crippen LogP contribution is -2.20. The molecule has 0 rings (SSSR count). The van der Waals surface area contributed by atoms with Gasteiger partial charge in [-0.15, -0.1) is 6.58 Å². The van der Waals surface area contributed by atoms with Gasteiger partial charge < -0.3 is 10.1 Å². The quantitative estimate of drug-likeness (QED) is 0.423. The normalized spacial score (nSPS) is 10.1. The predicted molar refractivity (Wildman–Crippen MR) is 53.4 cm³/mol. The van der Waals surface area contributed by atoms with Crippen molar-refractivity contribution in [3.8, 4) is 0 Å². The second-order valence-electron chi connectivity index (χ2n) is 2.82. The Balaban J connectivity index is 2.77. The van der Waals surface area contributed by atoms with Gasteiger partial charge in [0.05, 0.1) is 13.2 Å². The van der Waals surface area contributed by atoms with E-state index in [2.05, 4.69) is 18.8 Å². The van der Waals surface area contributed by atoms with Crippen molar-refractivity contribution in [3.05, 3.63) is 12.7 Å². The average Bonchev–Trinajstić information content (AvgIpc) is 2.10. The minimum absolute atomic E-state index is 0.663. The summed E-state index contributed by atoms with van der Waals surface area (Å²) >= 11 is 0. The molecule has 0 unspecified atom stereocenters. The third kappa shape index (κ3) is 9.66. The van der Waals surface area contributed by atoms with E-state index in [1.807, 2.05) is 0 Å². The van der Waals surface area contributed by atoms with E-state index in [0.717, 1.165) is 19.7 Å². The molecule has 1 N–H and O–H groups in total. The van der Waals surface area contributed by atoms with Crippen LogP contribution in [0.3, 0.4) is 0 Å². The molecule has 0 atom stereocenters. The molecule has 0 bridgehead atoms. The van der Waals surface area contributed by atoms with Crippen LogP contribution in [0.25, 0.3) is 0 Å². The van der Waals surface area contributed by atoms with Crippen LogP contribution >= 0.6 is 0 Å². The van der Waals surface area contributed by atoms with Gasteiger partial charge in [-0.05, 0) is 13.0 Å². The molecular weight excluding hydrogens is 150 g/mol. The number of ether oxygens (including phenoxy) is 1. The Morgan fingerprint density at radius 3 is 2.83 bits per heavy atom. The molecule has 0 aliphatic heterocycles. The molecule has 0 amide bonds. The minimum Gasteiger partial charge on any atom is -0.376 e. The zero-order valence-corrected chi connectivity index (χ0v) is 8.14. The molecule has 0 saturated heterocycles. The zero-order valence-electron chi connectivity index (χ0n) is 8.14. The highest BCUT2D eigenvalue weighted by molar-refractivity contribution is 4.63. The second-order valence-corrected chi connectivity index (χ2v) is 2.82. The number of unbranched alkanes of at least 4 members (excludes halogenated alkanes) is 2. The minimum atomic E-state index is 0.663. The Bertz CT molecular complexity index is 93.8. The van der Waals surface area contributed by atoms with Crippen LogP contribution in [-0.2, 0) is 4.74 Å². The second kappa shape index (κ2) is 10.7. The lowest BCUT2D eigenvalue weighted by molar-refractivity contribution is 0.164. The van der Waals surface area contributed by atoms with Crippen molar-refractivity contribution in [3.63, 3.8) is 0 Å². The highest BCUT2D eigenvalue weighted by Gasteiger charge is 1.87. The number of hydrogen-bond acceptors (Lipinski definition) is 2. The van der Waals surface area contributed by atoms with Crippen LogP contribution in [0.1, 0.15) is 26.2 Å². The van der Waals surface area contributed by atoms with Gasteiger partial charge in [0.25, 0.3) is 0 Å². The molecule has 0 fully saturated rings. The first-order valence-electron chi connectivity index (χ1n) is 4.81. The number of rotatable bonds is 9. The Hall–Kier alpha value is -0.340. The van der Waals surface area contributed by atoms with E-state index in [0.29, 0.717) is 6.61 Å². The summed E-state index contributed by atoms with van der Waals surface area (Å²) in [4.78, 5) is 0. The Morgan fingerprint density at radius 1 is 1.33 bits per heavy atom. The molecule has 0 heterocycles. The van der Waals surface area contributed by atoms with Crippen LogP contribution in [0.15, 0.2) is 12.7 Å². The van der Waals surface area contributed by atoms with Crippen molar-refractivity contribution < 1.29 is 4.74 Å². The first kappa shape index (κ1) is 11.7. The maximum absolute atomic E-state index is 5.21. The van der Waals surface area contributed by atoms with E-state index in [4.69, 9.17) is 4.74 Å². The van der Waals surface area contributed by atoms with Crippen LogP contribution in [0.5, 0.6) is 0 Å². The SMILES string of the molecule is C=CCOCCNCCCCC. The van der Waals surface area contributed by atoms with Crippen LogP contribution in [-0.4, -0.2) is 26.3 Å². The molecule has 0 radical (unpaired) electrons. The van der Waals surface area contributed by atoms with Crippen molar-refractivity contribution >= 4 is 0 Å². The van der Waals surface area contributed by atoms with Crippen LogP contribution in [0, 0.1) is 0 Å². The molecule has 0 saturated carbocycles. The summed E-state index contributed by atoms with van der Waals surface area (Å²) < 4.78 is 5.21. The van der Waals surface area contributed by atoms with Gasteiger partial charge in [-0.3, -0.25) is 0 Å². The summed E-state index contributed by atoms with van der Waals surface area (Å²) in [5.74, 6) is 0. The molecule has 12 heavy (non-hydrogen) atoms. The molecule has 0 spiro atoms. The summed E-state index contributed by atoms with van der Waals surface area (Å²) in [5.41, 5.74) is 0. The van der Waals surface area contributed by atoms with Crippen molar-refractivity contribution in [2.45, 2.75) is 26.2 Å². The van der Waals surface area contributed by atoms with Gasteiger partial charge >= 0.3 is 0 Å². The molecule has 0 aromatic heterocycles. The van der Waals surface area contributed by atoms with Gasteiger partial charge in [0, 0.05) is 6.54 Å². The third-order valence-electron chi connectivity index (χ3n) is 1.62. The zero-order chi connectivity index (χ0) is 9.07. The number of hydrogen-bond donors (Lipinski definition) is 1. The van der Waals surface area contributed by atoms with Crippen LogP contribution < -0.4 is 5.32 Å². The van der Waals surface area contributed by atoms with Gasteiger partial charge in [-0.2, -0.15) is 0 Å². The molecule has 2 nitrogen and oxygen atoms in total. The van der Waals surface area contributed by atoms with Gasteiger partial charge in [0.15, 0.2) is 0 Å². The molecule has 0 aromatic carbocycles. The van der Waals surface area contributed by atoms with Crippen molar-refractivity contribution in [1.82, 2.24) is 5.32 Å². The lowest BCUT2D eigenvalue weighted by atomic mass is 10.2. The van der Waals surface area contributed by atoms with E-state index in [1.165, 1.54) is 19.3 Å². The summed E-state index contributed by atoms with van der Waals surface area (Å²) in [6.45, 7) is 9.31. The summed E-state index contributed by atoms with van der Waals surface area (Å²) in [6, 6.07) is 0. The lowest BCUT2D eigenvalue weighted by Gasteiger charge is -2.03. The summed E-state index contributed by atoms with van der Waals surface area (Å²) in [5, 5.41) is 3.32. The smallest absolute Gasteiger partial charge is 0.0645 e. The highest BCUT2D eigenvalue weighted by atomic mass is 16.5. The first-order valence-corrected chi connectivity index (χ1v) is 4.81. The molecule has 0 aliphatic carbocycles. The summed E-state index contributed by atoms with van der Waals surface area (Å²) in [7, 11) is 0. The fourth-order valence-corrected chi connectivity index (χ4v) is 0.936. The third-order valence-corrected chi connectivity index (χ3v) is 1.62. The fourth-order valence-electron chi connectivity index (χ4n) is 0.936. The molecule has 2 heteroatoms. The van der Waals surface area contributed by atoms with Gasteiger partial charge in [-0.1, -0.05) is 25.8 Å². The Labute approximate surface area is 76.0 Å². The topological polar surface area (TPSA) is 21.3 Å². The molecule has 0 aromatic rings. The largest absolute Gasteiger partial charge is 0.376 e. The molecular formula is C10H21NO. The standard InChI is InChI=1S/C10H21NO/c1-3-5-6-7-11-8-10-12-9-4-2/h4,11H,2-3,5-10H2,1H3. The Kier molecular flexibility index (Phi) is 10.4. The number of nitrogens with one attached hydrogen (secondary N) is 1. The van der Waals surface area contributed by atoms with E-state index in [1.54, 1.807) is 6.08 Å². The van der Waals surface area contributed by atoms with Crippen molar-refractivity contribution in [2.75, 3.05) is 26.3 Å². The van der Waals surface area contributed by atoms with E-state index in [9.17, 15) is 0 Å². The average molecular weight is 171 g/mol.